The van der Waals surface area contributed by atoms with Crippen molar-refractivity contribution in [2.75, 3.05) is 0 Å². The summed E-state index contributed by atoms with van der Waals surface area (Å²) in [6.45, 7) is 0. The molecule has 3 heteroatoms. The Kier molecular flexibility index (Phi) is 1.92. The Labute approximate surface area is 75.4 Å². The Bertz CT molecular complexity index is 379. The van der Waals surface area contributed by atoms with Gasteiger partial charge in [0.2, 0.25) is 0 Å². The molecule has 0 spiro atoms. The molecule has 1 amide bonds. The Hall–Kier alpha value is -1.90. The zero-order chi connectivity index (χ0) is 9.10. The summed E-state index contributed by atoms with van der Waals surface area (Å²) in [7, 11) is 0. The largest absolute Gasteiger partial charge is 0.440 e. The highest BCUT2D eigenvalue weighted by Crippen LogP contribution is 2.11. The van der Waals surface area contributed by atoms with Crippen LogP contribution in [-0.4, -0.2) is 12.3 Å². The zero-order valence-electron chi connectivity index (χ0n) is 6.81. The monoisotopic (exact) mass is 173 g/mol. The standard InChI is InChI=1S/C10H7NO2/c12-10-9(13-7-11-10)6-8-4-2-1-3-5-8/h1-7H/b9-6-. The lowest BCUT2D eigenvalue weighted by molar-refractivity contribution is -0.115. The van der Waals surface area contributed by atoms with Gasteiger partial charge in [-0.05, 0) is 11.6 Å². The Morgan fingerprint density at radius 1 is 1.23 bits per heavy atom. The van der Waals surface area contributed by atoms with Gasteiger partial charge in [-0.3, -0.25) is 4.79 Å². The number of hydrogen-bond acceptors (Lipinski definition) is 2. The van der Waals surface area contributed by atoms with Gasteiger partial charge in [0.1, 0.15) is 0 Å². The molecule has 1 heterocycles. The van der Waals surface area contributed by atoms with E-state index in [1.807, 2.05) is 30.3 Å². The molecule has 0 radical (unpaired) electrons. The maximum Gasteiger partial charge on any atom is 0.315 e. The molecule has 2 rings (SSSR count). The van der Waals surface area contributed by atoms with Gasteiger partial charge < -0.3 is 4.74 Å². The summed E-state index contributed by atoms with van der Waals surface area (Å²) in [4.78, 5) is 14.4. The lowest BCUT2D eigenvalue weighted by Crippen LogP contribution is -1.92. The van der Waals surface area contributed by atoms with Crippen LogP contribution in [0, 0.1) is 0 Å². The minimum absolute atomic E-state index is 0.270. The first-order valence-electron chi connectivity index (χ1n) is 3.86. The van der Waals surface area contributed by atoms with E-state index < -0.39 is 0 Å². The van der Waals surface area contributed by atoms with Gasteiger partial charge >= 0.3 is 5.91 Å². The first-order chi connectivity index (χ1) is 6.36. The fourth-order valence-electron chi connectivity index (χ4n) is 1.04. The summed E-state index contributed by atoms with van der Waals surface area (Å²) in [6, 6.07) is 9.49. The summed E-state index contributed by atoms with van der Waals surface area (Å²) < 4.78 is 4.89. The van der Waals surface area contributed by atoms with Crippen molar-refractivity contribution in [3.05, 3.63) is 41.7 Å². The van der Waals surface area contributed by atoms with Crippen LogP contribution in [0.5, 0.6) is 0 Å². The van der Waals surface area contributed by atoms with Crippen LogP contribution in [0.15, 0.2) is 41.1 Å². The quantitative estimate of drug-likeness (QED) is 0.605. The van der Waals surface area contributed by atoms with Crippen molar-refractivity contribution in [1.82, 2.24) is 0 Å². The van der Waals surface area contributed by atoms with Crippen LogP contribution in [0.3, 0.4) is 0 Å². The average molecular weight is 173 g/mol. The van der Waals surface area contributed by atoms with Crippen LogP contribution in [-0.2, 0) is 9.53 Å². The molecular formula is C10H7NO2. The van der Waals surface area contributed by atoms with Gasteiger partial charge in [-0.25, -0.2) is 0 Å². The van der Waals surface area contributed by atoms with E-state index >= 15 is 0 Å². The summed E-state index contributed by atoms with van der Waals surface area (Å²) >= 11 is 0. The van der Waals surface area contributed by atoms with Crippen LogP contribution in [0.2, 0.25) is 0 Å². The van der Waals surface area contributed by atoms with Crippen LogP contribution >= 0.6 is 0 Å². The number of amides is 1. The van der Waals surface area contributed by atoms with E-state index in [4.69, 9.17) is 4.74 Å². The van der Waals surface area contributed by atoms with Crippen molar-refractivity contribution in [3.8, 4) is 0 Å². The van der Waals surface area contributed by atoms with E-state index in [0.717, 1.165) is 12.0 Å². The van der Waals surface area contributed by atoms with Gasteiger partial charge in [0, 0.05) is 0 Å². The molecule has 64 valence electrons. The number of ether oxygens (including phenoxy) is 1. The Morgan fingerprint density at radius 3 is 2.62 bits per heavy atom. The summed E-state index contributed by atoms with van der Waals surface area (Å²) in [6.07, 6.45) is 2.81. The molecular weight excluding hydrogens is 166 g/mol. The molecule has 0 saturated heterocycles. The van der Waals surface area contributed by atoms with Crippen LogP contribution < -0.4 is 0 Å². The molecule has 0 bridgehead atoms. The minimum Gasteiger partial charge on any atom is -0.440 e. The molecule has 0 aromatic heterocycles. The van der Waals surface area contributed by atoms with Gasteiger partial charge in [0.05, 0.1) is 0 Å². The van der Waals surface area contributed by atoms with Gasteiger partial charge in [0.15, 0.2) is 12.2 Å². The summed E-state index contributed by atoms with van der Waals surface area (Å²) in [5.74, 6) is -0.0601. The second kappa shape index (κ2) is 3.23. The lowest BCUT2D eigenvalue weighted by Gasteiger charge is -1.94. The third-order valence-corrected chi connectivity index (χ3v) is 1.66. The number of carbonyl (C=O) groups is 1. The first-order valence-corrected chi connectivity index (χ1v) is 3.86. The topological polar surface area (TPSA) is 38.7 Å². The van der Waals surface area contributed by atoms with Crippen LogP contribution in [0.4, 0.5) is 0 Å². The molecule has 0 unspecified atom stereocenters. The van der Waals surface area contributed by atoms with Crippen molar-refractivity contribution < 1.29 is 9.53 Å². The van der Waals surface area contributed by atoms with E-state index in [1.165, 1.54) is 0 Å². The zero-order valence-corrected chi connectivity index (χ0v) is 6.81. The number of rotatable bonds is 1. The van der Waals surface area contributed by atoms with E-state index in [2.05, 4.69) is 4.99 Å². The molecule has 1 aliphatic rings. The fraction of sp³-hybridized carbons (Fsp3) is 0. The van der Waals surface area contributed by atoms with Crippen LogP contribution in [0.1, 0.15) is 5.56 Å². The van der Waals surface area contributed by atoms with E-state index in [0.29, 0.717) is 0 Å². The number of carbonyl (C=O) groups excluding carboxylic acids is 1. The van der Waals surface area contributed by atoms with Gasteiger partial charge in [-0.2, -0.15) is 4.99 Å². The Morgan fingerprint density at radius 2 is 2.00 bits per heavy atom. The van der Waals surface area contributed by atoms with Crippen molar-refractivity contribution in [1.29, 1.82) is 0 Å². The van der Waals surface area contributed by atoms with Crippen molar-refractivity contribution in [3.63, 3.8) is 0 Å². The molecule has 0 saturated carbocycles. The van der Waals surface area contributed by atoms with Crippen LogP contribution in [0.25, 0.3) is 6.08 Å². The predicted octanol–water partition coefficient (Wildman–Crippen LogP) is 1.61. The molecule has 13 heavy (non-hydrogen) atoms. The first kappa shape index (κ1) is 7.73. The van der Waals surface area contributed by atoms with E-state index in [9.17, 15) is 4.79 Å². The lowest BCUT2D eigenvalue weighted by atomic mass is 10.2. The maximum absolute atomic E-state index is 11.0. The number of aliphatic imine (C=N–C) groups is 1. The van der Waals surface area contributed by atoms with Gasteiger partial charge in [-0.15, -0.1) is 0 Å². The second-order valence-corrected chi connectivity index (χ2v) is 2.58. The predicted molar refractivity (Wildman–Crippen MR) is 49.0 cm³/mol. The van der Waals surface area contributed by atoms with E-state index in [-0.39, 0.29) is 11.7 Å². The fourth-order valence-corrected chi connectivity index (χ4v) is 1.04. The minimum atomic E-state index is -0.330. The average Bonchev–Trinajstić information content (AvgIpc) is 2.54. The number of hydrogen-bond donors (Lipinski definition) is 0. The molecule has 3 nitrogen and oxygen atoms in total. The molecule has 1 aromatic carbocycles. The van der Waals surface area contributed by atoms with Gasteiger partial charge in [0.25, 0.3) is 0 Å². The normalized spacial score (nSPS) is 17.8. The van der Waals surface area contributed by atoms with Gasteiger partial charge in [-0.1, -0.05) is 30.3 Å². The highest BCUT2D eigenvalue weighted by atomic mass is 16.5. The Balaban J connectivity index is 2.27. The van der Waals surface area contributed by atoms with E-state index in [1.54, 1.807) is 6.08 Å². The van der Waals surface area contributed by atoms with Crippen molar-refractivity contribution >= 4 is 18.4 Å². The number of nitrogens with zero attached hydrogens (tertiary/aromatic N) is 1. The third kappa shape index (κ3) is 1.64. The molecule has 0 N–H and O–H groups in total. The van der Waals surface area contributed by atoms with Crippen molar-refractivity contribution in [2.24, 2.45) is 4.99 Å². The highest BCUT2D eigenvalue weighted by Gasteiger charge is 2.13. The molecule has 0 atom stereocenters. The smallest absolute Gasteiger partial charge is 0.315 e. The van der Waals surface area contributed by atoms with Crippen molar-refractivity contribution in [2.45, 2.75) is 0 Å². The maximum atomic E-state index is 11.0. The third-order valence-electron chi connectivity index (χ3n) is 1.66. The molecule has 1 aromatic rings. The molecule has 0 aliphatic carbocycles. The molecule has 1 aliphatic heterocycles. The second-order valence-electron chi connectivity index (χ2n) is 2.58. The SMILES string of the molecule is O=C1N=CO/C1=C\c1ccccc1. The molecule has 0 fully saturated rings. The summed E-state index contributed by atoms with van der Waals surface area (Å²) in [5, 5.41) is 0. The number of benzene rings is 1. The summed E-state index contributed by atoms with van der Waals surface area (Å²) in [5.41, 5.74) is 0.927. The highest BCUT2D eigenvalue weighted by molar-refractivity contribution is 6.03.